The van der Waals surface area contributed by atoms with Crippen molar-refractivity contribution in [1.29, 1.82) is 0 Å². The molecule has 2 heteroatoms. The Morgan fingerprint density at radius 2 is 2.05 bits per heavy atom. The van der Waals surface area contributed by atoms with E-state index < -0.39 is 5.60 Å². The van der Waals surface area contributed by atoms with Crippen LogP contribution in [0.5, 0.6) is 0 Å². The lowest BCUT2D eigenvalue weighted by molar-refractivity contribution is -0.0863. The zero-order valence-corrected chi connectivity index (χ0v) is 12.1. The van der Waals surface area contributed by atoms with Gasteiger partial charge in [-0.2, -0.15) is 0 Å². The number of aliphatic hydroxyl groups excluding tert-OH is 1. The van der Waals surface area contributed by atoms with Crippen LogP contribution >= 0.6 is 0 Å². The smallest absolute Gasteiger partial charge is 0.0625 e. The predicted molar refractivity (Wildman–Crippen MR) is 76.1 cm³/mol. The Balaban J connectivity index is 2.05. The summed E-state index contributed by atoms with van der Waals surface area (Å²) in [5, 5.41) is 20.0. The fraction of sp³-hybridized carbons (Fsp3) is 0.647. The molecule has 3 rings (SSSR count). The minimum atomic E-state index is -0.627. The third kappa shape index (κ3) is 1.93. The summed E-state index contributed by atoms with van der Waals surface area (Å²) in [5.74, 6) is 1.68. The van der Waals surface area contributed by atoms with E-state index in [1.807, 2.05) is 13.8 Å². The van der Waals surface area contributed by atoms with Crippen molar-refractivity contribution >= 4 is 0 Å². The number of fused-ring (bicyclic) bond motifs is 3. The summed E-state index contributed by atoms with van der Waals surface area (Å²) in [7, 11) is 0. The third-order valence-corrected chi connectivity index (χ3v) is 5.40. The van der Waals surface area contributed by atoms with E-state index >= 15 is 0 Å². The number of benzene rings is 1. The standard InChI is InChI=1S/C17H24O2/c1-10-5-4-6-11-7-12(9-18)13-8-14(17(2,3)19)16(13)15(10)11/h4-6,12-14,16,18-19H,7-9H2,1-3H3/t12-,13-,14+,16+/m1/s1. The van der Waals surface area contributed by atoms with Gasteiger partial charge in [-0.05, 0) is 74.0 Å². The van der Waals surface area contributed by atoms with E-state index in [0.29, 0.717) is 23.7 Å². The van der Waals surface area contributed by atoms with Crippen LogP contribution < -0.4 is 0 Å². The highest BCUT2D eigenvalue weighted by Gasteiger charge is 2.53. The molecular formula is C17H24O2. The molecule has 2 aliphatic carbocycles. The van der Waals surface area contributed by atoms with Crippen molar-refractivity contribution < 1.29 is 10.2 Å². The monoisotopic (exact) mass is 260 g/mol. The van der Waals surface area contributed by atoms with E-state index in [4.69, 9.17) is 0 Å². The van der Waals surface area contributed by atoms with Crippen molar-refractivity contribution in [2.24, 2.45) is 17.8 Å². The topological polar surface area (TPSA) is 40.5 Å². The number of aryl methyl sites for hydroxylation is 1. The van der Waals surface area contributed by atoms with Gasteiger partial charge in [0.1, 0.15) is 0 Å². The molecule has 0 amide bonds. The van der Waals surface area contributed by atoms with Gasteiger partial charge in [0.2, 0.25) is 0 Å². The molecule has 0 radical (unpaired) electrons. The molecule has 1 fully saturated rings. The summed E-state index contributed by atoms with van der Waals surface area (Å²) < 4.78 is 0. The second-order valence-electron chi connectivity index (χ2n) is 6.98. The van der Waals surface area contributed by atoms with Gasteiger partial charge in [-0.1, -0.05) is 18.2 Å². The van der Waals surface area contributed by atoms with Crippen LogP contribution in [0.4, 0.5) is 0 Å². The molecule has 2 nitrogen and oxygen atoms in total. The van der Waals surface area contributed by atoms with Gasteiger partial charge in [-0.3, -0.25) is 0 Å². The molecule has 0 unspecified atom stereocenters. The Hall–Kier alpha value is -0.860. The fourth-order valence-corrected chi connectivity index (χ4v) is 4.35. The number of aliphatic hydroxyl groups is 2. The average Bonchev–Trinajstić information content (AvgIpc) is 2.28. The Morgan fingerprint density at radius 3 is 2.68 bits per heavy atom. The van der Waals surface area contributed by atoms with Gasteiger partial charge in [0.15, 0.2) is 0 Å². The molecule has 0 aliphatic heterocycles. The van der Waals surface area contributed by atoms with Crippen molar-refractivity contribution in [1.82, 2.24) is 0 Å². The van der Waals surface area contributed by atoms with E-state index in [1.54, 1.807) is 0 Å². The molecule has 0 saturated heterocycles. The van der Waals surface area contributed by atoms with Gasteiger partial charge in [0, 0.05) is 6.61 Å². The maximum atomic E-state index is 10.4. The van der Waals surface area contributed by atoms with Crippen molar-refractivity contribution in [3.05, 3.63) is 34.9 Å². The molecule has 0 heterocycles. The number of hydrogen-bond donors (Lipinski definition) is 2. The lowest BCUT2D eigenvalue weighted by Gasteiger charge is -2.56. The van der Waals surface area contributed by atoms with Crippen molar-refractivity contribution in [3.63, 3.8) is 0 Å². The summed E-state index contributed by atoms with van der Waals surface area (Å²) >= 11 is 0. The first-order chi connectivity index (χ1) is 8.93. The maximum absolute atomic E-state index is 10.4. The molecule has 19 heavy (non-hydrogen) atoms. The van der Waals surface area contributed by atoms with Crippen LogP contribution in [-0.4, -0.2) is 22.4 Å². The van der Waals surface area contributed by atoms with Crippen molar-refractivity contribution in [3.8, 4) is 0 Å². The van der Waals surface area contributed by atoms with Crippen LogP contribution in [0.3, 0.4) is 0 Å². The lowest BCUT2D eigenvalue weighted by Crippen LogP contribution is -2.52. The van der Waals surface area contributed by atoms with E-state index in [-0.39, 0.29) is 6.61 Å². The van der Waals surface area contributed by atoms with Crippen LogP contribution in [0, 0.1) is 24.7 Å². The van der Waals surface area contributed by atoms with E-state index in [1.165, 1.54) is 16.7 Å². The minimum Gasteiger partial charge on any atom is -0.396 e. The summed E-state index contributed by atoms with van der Waals surface area (Å²) in [6, 6.07) is 6.48. The van der Waals surface area contributed by atoms with Crippen LogP contribution in [0.2, 0.25) is 0 Å². The van der Waals surface area contributed by atoms with Gasteiger partial charge >= 0.3 is 0 Å². The number of rotatable bonds is 2. The first-order valence-electron chi connectivity index (χ1n) is 7.35. The van der Waals surface area contributed by atoms with Crippen LogP contribution in [-0.2, 0) is 6.42 Å². The molecule has 0 aromatic heterocycles. The van der Waals surface area contributed by atoms with Crippen LogP contribution in [0.15, 0.2) is 18.2 Å². The summed E-state index contributed by atoms with van der Waals surface area (Å²) in [6.07, 6.45) is 2.04. The summed E-state index contributed by atoms with van der Waals surface area (Å²) in [5.41, 5.74) is 3.56. The number of hydrogen-bond acceptors (Lipinski definition) is 2. The lowest BCUT2D eigenvalue weighted by atomic mass is 9.49. The third-order valence-electron chi connectivity index (χ3n) is 5.40. The average molecular weight is 260 g/mol. The van der Waals surface area contributed by atoms with E-state index in [2.05, 4.69) is 25.1 Å². The van der Waals surface area contributed by atoms with Gasteiger partial charge in [-0.15, -0.1) is 0 Å². The highest BCUT2D eigenvalue weighted by molar-refractivity contribution is 5.43. The Bertz CT molecular complexity index is 487. The first-order valence-corrected chi connectivity index (χ1v) is 7.35. The molecule has 4 atom stereocenters. The molecule has 0 bridgehead atoms. The SMILES string of the molecule is Cc1cccc2c1[C@H]1[C@H](C[C@@H]1C(C)(C)O)[C@@H](CO)C2. The van der Waals surface area contributed by atoms with Crippen LogP contribution in [0.25, 0.3) is 0 Å². The zero-order valence-electron chi connectivity index (χ0n) is 12.1. The second kappa shape index (κ2) is 4.32. The molecule has 104 valence electrons. The van der Waals surface area contributed by atoms with E-state index in [9.17, 15) is 10.2 Å². The van der Waals surface area contributed by atoms with Gasteiger partial charge in [0.25, 0.3) is 0 Å². The highest BCUT2D eigenvalue weighted by Crippen LogP contribution is 2.59. The quantitative estimate of drug-likeness (QED) is 0.858. The normalized spacial score (nSPS) is 33.3. The molecule has 0 spiro atoms. The highest BCUT2D eigenvalue weighted by atomic mass is 16.3. The predicted octanol–water partition coefficient (Wildman–Crippen LogP) is 2.65. The summed E-state index contributed by atoms with van der Waals surface area (Å²) in [4.78, 5) is 0. The molecule has 1 aromatic carbocycles. The van der Waals surface area contributed by atoms with Crippen molar-refractivity contribution in [2.45, 2.75) is 45.1 Å². The Labute approximate surface area is 115 Å². The van der Waals surface area contributed by atoms with Crippen molar-refractivity contribution in [2.75, 3.05) is 6.61 Å². The van der Waals surface area contributed by atoms with Crippen LogP contribution in [0.1, 0.15) is 42.9 Å². The Morgan fingerprint density at radius 1 is 1.32 bits per heavy atom. The molecule has 1 aromatic rings. The zero-order chi connectivity index (χ0) is 13.8. The Kier molecular flexibility index (Phi) is 2.99. The van der Waals surface area contributed by atoms with E-state index in [0.717, 1.165) is 12.8 Å². The molecule has 2 N–H and O–H groups in total. The second-order valence-corrected chi connectivity index (χ2v) is 6.98. The fourth-order valence-electron chi connectivity index (χ4n) is 4.35. The maximum Gasteiger partial charge on any atom is 0.0625 e. The molecular weight excluding hydrogens is 236 g/mol. The molecule has 2 aliphatic rings. The summed E-state index contributed by atoms with van der Waals surface area (Å²) in [6.45, 7) is 6.30. The minimum absolute atomic E-state index is 0.271. The van der Waals surface area contributed by atoms with Gasteiger partial charge < -0.3 is 10.2 Å². The first kappa shape index (κ1) is 13.1. The largest absolute Gasteiger partial charge is 0.396 e. The van der Waals surface area contributed by atoms with Gasteiger partial charge in [0.05, 0.1) is 5.60 Å². The van der Waals surface area contributed by atoms with Gasteiger partial charge in [-0.25, -0.2) is 0 Å². The molecule has 1 saturated carbocycles.